The molecular weight excluding hydrogens is 797 g/mol. The van der Waals surface area contributed by atoms with E-state index in [1.54, 1.807) is 53.0 Å². The molecule has 2 aromatic heterocycles. The number of para-hydroxylation sites is 2. The predicted octanol–water partition coefficient (Wildman–Crippen LogP) is 15.7. The van der Waals surface area contributed by atoms with E-state index >= 15 is 0 Å². The number of anilines is 3. The molecule has 8 aromatic carbocycles. The van der Waals surface area contributed by atoms with Crippen LogP contribution in [0.1, 0.15) is 12.5 Å². The van der Waals surface area contributed by atoms with Crippen molar-refractivity contribution in [2.75, 3.05) is 4.90 Å². The molecule has 0 N–H and O–H groups in total. The van der Waals surface area contributed by atoms with Gasteiger partial charge in [-0.05, 0) is 136 Å². The summed E-state index contributed by atoms with van der Waals surface area (Å²) in [7, 11) is 0. The summed E-state index contributed by atoms with van der Waals surface area (Å²) in [6.07, 6.45) is -10.4. The Kier molecular flexibility index (Phi) is 8.49. The fraction of sp³-hybridized carbons (Fsp3) is 0.0417. The second-order valence-electron chi connectivity index (χ2n) is 14.0. The molecule has 0 fully saturated rings. The number of alkyl halides is 6. The van der Waals surface area contributed by atoms with Gasteiger partial charge in [-0.3, -0.25) is 0 Å². The van der Waals surface area contributed by atoms with Crippen molar-refractivity contribution in [3.05, 3.63) is 175 Å². The van der Waals surface area contributed by atoms with Gasteiger partial charge in [0.25, 0.3) is 0 Å². The van der Waals surface area contributed by atoms with E-state index < -0.39 is 23.5 Å². The van der Waals surface area contributed by atoms with Gasteiger partial charge in [-0.25, -0.2) is 9.97 Å². The van der Waals surface area contributed by atoms with Crippen LogP contribution in [0.4, 0.5) is 43.4 Å². The molecule has 0 aliphatic carbocycles. The largest absolute Gasteiger partial charge is 0.417 e. The summed E-state index contributed by atoms with van der Waals surface area (Å²) in [5.74, 6) is 0. The molecule has 10 aromatic rings. The van der Waals surface area contributed by atoms with Gasteiger partial charge in [0.15, 0.2) is 0 Å². The first-order valence-corrected chi connectivity index (χ1v) is 20.0. The van der Waals surface area contributed by atoms with E-state index in [1.807, 2.05) is 103 Å². The topological polar surface area (TPSA) is 29.0 Å². The molecule has 0 atom stereocenters. The number of fused-ring (bicyclic) bond motifs is 4. The van der Waals surface area contributed by atoms with Gasteiger partial charge in [-0.1, -0.05) is 60.6 Å². The highest BCUT2D eigenvalue weighted by molar-refractivity contribution is 7.22. The predicted molar refractivity (Wildman–Crippen MR) is 229 cm³/mol. The highest BCUT2D eigenvalue weighted by Crippen LogP contribution is 2.45. The van der Waals surface area contributed by atoms with Crippen molar-refractivity contribution in [1.82, 2.24) is 9.97 Å². The Morgan fingerprint density at radius 2 is 1.00 bits per heavy atom. The quantitative estimate of drug-likeness (QED) is 0.156. The van der Waals surface area contributed by atoms with E-state index in [4.69, 9.17) is 9.97 Å². The molecule has 0 saturated heterocycles. The summed E-state index contributed by atoms with van der Waals surface area (Å²) < 4.78 is 94.7. The van der Waals surface area contributed by atoms with Crippen LogP contribution in [0.3, 0.4) is 0 Å². The second kappa shape index (κ2) is 14.1. The number of benzene rings is 8. The van der Waals surface area contributed by atoms with Crippen molar-refractivity contribution < 1.29 is 27.7 Å². The number of nitrogens with zero attached hydrogens (tertiary/aromatic N) is 3. The lowest BCUT2D eigenvalue weighted by Crippen LogP contribution is -2.16. The molecule has 0 saturated carbocycles. The average molecular weight is 825 g/mol. The molecule has 3 nitrogen and oxygen atoms in total. The van der Waals surface area contributed by atoms with Crippen molar-refractivity contribution in [1.29, 1.82) is 0 Å². The summed E-state index contributed by atoms with van der Waals surface area (Å²) >= 11 is 3.23. The first-order chi connectivity index (χ1) is 28.9. The van der Waals surface area contributed by atoms with Crippen molar-refractivity contribution in [3.63, 3.8) is 0 Å². The van der Waals surface area contributed by atoms with Crippen LogP contribution in [0.25, 0.3) is 74.2 Å². The van der Waals surface area contributed by atoms with Gasteiger partial charge in [0.2, 0.25) is 0 Å². The van der Waals surface area contributed by atoms with Crippen LogP contribution >= 0.6 is 22.7 Å². The Labute approximate surface area is 342 Å². The average Bonchev–Trinajstić information content (AvgIpc) is 3.88. The number of aromatic nitrogens is 2. The lowest BCUT2D eigenvalue weighted by atomic mass is 9.92. The molecule has 0 radical (unpaired) electrons. The zero-order chi connectivity index (χ0) is 41.3. The minimum atomic E-state index is -5.22. The van der Waals surface area contributed by atoms with Gasteiger partial charge in [0.05, 0.1) is 32.9 Å². The zero-order valence-corrected chi connectivity index (χ0v) is 32.1. The third-order valence-corrected chi connectivity index (χ3v) is 12.4. The minimum absolute atomic E-state index is 0.0216. The summed E-state index contributed by atoms with van der Waals surface area (Å²) in [6.45, 7) is 0. The normalized spacial score (nSPS) is 12.5. The zero-order valence-electron chi connectivity index (χ0n) is 31.4. The fourth-order valence-electron chi connectivity index (χ4n) is 7.45. The first kappa shape index (κ1) is 35.6. The van der Waals surface area contributed by atoms with Gasteiger partial charge in [-0.15, -0.1) is 22.7 Å². The van der Waals surface area contributed by atoms with Crippen LogP contribution in [0.5, 0.6) is 0 Å². The molecule has 0 aliphatic rings. The molecule has 2 heterocycles. The second-order valence-corrected chi connectivity index (χ2v) is 16.0. The van der Waals surface area contributed by atoms with E-state index in [-0.39, 0.29) is 16.8 Å². The maximum absolute atomic E-state index is 14.0. The Bertz CT molecular complexity index is 3080. The maximum Gasteiger partial charge on any atom is 0.417 e. The highest BCUT2D eigenvalue weighted by Gasteiger charge is 2.43. The SMILES string of the molecule is [2H]c1cc(N(c2ccc(-c3nc4ccccc4s3)cc2)c2ccc(-c3nc4ccccc4s3)cc2)cc2ccc(-c3cccc4cc(C(F)(F)F)c(C(F)(F)F)cc34)cc12. The van der Waals surface area contributed by atoms with Crippen LogP contribution in [0.2, 0.25) is 0 Å². The van der Waals surface area contributed by atoms with E-state index in [0.29, 0.717) is 39.7 Å². The van der Waals surface area contributed by atoms with Gasteiger partial charge >= 0.3 is 12.4 Å². The van der Waals surface area contributed by atoms with E-state index in [1.165, 1.54) is 12.1 Å². The van der Waals surface area contributed by atoms with E-state index in [0.717, 1.165) is 53.0 Å². The Morgan fingerprint density at radius 3 is 1.56 bits per heavy atom. The van der Waals surface area contributed by atoms with Crippen LogP contribution in [0, 0.1) is 0 Å². The Balaban J connectivity index is 1.07. The van der Waals surface area contributed by atoms with E-state index in [2.05, 4.69) is 4.90 Å². The van der Waals surface area contributed by atoms with Crippen molar-refractivity contribution >= 4 is 81.7 Å². The van der Waals surface area contributed by atoms with E-state index in [9.17, 15) is 27.7 Å². The first-order valence-electron chi connectivity index (χ1n) is 18.9. The van der Waals surface area contributed by atoms with Crippen LogP contribution in [-0.4, -0.2) is 9.97 Å². The number of hydrogen-bond acceptors (Lipinski definition) is 5. The number of thiazole rings is 2. The standard InChI is InChI=1S/C48H27F6N3S2/c49-47(50,51)39-26-32-6-5-7-37(38(32)27-40(39)48(52,53)54)33-13-12-31-25-36(23-18-30(31)24-33)57(34-19-14-28(15-20-34)45-55-41-8-1-3-10-43(41)58-45)35-21-16-29(17-22-35)46-56-42-9-2-4-11-44(42)59-46/h1-27H/i18D. The number of rotatable bonds is 6. The third kappa shape index (κ3) is 6.85. The van der Waals surface area contributed by atoms with Crippen LogP contribution in [-0.2, 0) is 12.4 Å². The molecule has 59 heavy (non-hydrogen) atoms. The monoisotopic (exact) mass is 824 g/mol. The minimum Gasteiger partial charge on any atom is -0.310 e. The summed E-state index contributed by atoms with van der Waals surface area (Å²) in [5.41, 5.74) is 3.45. The molecule has 0 aliphatic heterocycles. The maximum atomic E-state index is 14.0. The molecular formula is C48H27F6N3S2. The number of halogens is 6. The van der Waals surface area contributed by atoms with Gasteiger partial charge < -0.3 is 4.90 Å². The summed E-state index contributed by atoms with van der Waals surface area (Å²) in [4.78, 5) is 11.7. The fourth-order valence-corrected chi connectivity index (χ4v) is 9.39. The number of hydrogen-bond donors (Lipinski definition) is 0. The molecule has 0 bridgehead atoms. The smallest absolute Gasteiger partial charge is 0.310 e. The van der Waals surface area contributed by atoms with Crippen LogP contribution < -0.4 is 4.90 Å². The molecule has 11 heteroatoms. The third-order valence-electron chi connectivity index (χ3n) is 10.3. The van der Waals surface area contributed by atoms with Crippen molar-refractivity contribution in [2.24, 2.45) is 0 Å². The van der Waals surface area contributed by atoms with Gasteiger partial charge in [0, 0.05) is 28.2 Å². The molecule has 0 spiro atoms. The lowest BCUT2D eigenvalue weighted by molar-refractivity contribution is -0.161. The molecule has 10 rings (SSSR count). The van der Waals surface area contributed by atoms with Crippen molar-refractivity contribution in [3.8, 4) is 32.3 Å². The summed E-state index contributed by atoms with van der Waals surface area (Å²) in [5, 5.41) is 3.05. The lowest BCUT2D eigenvalue weighted by Gasteiger charge is -2.26. The van der Waals surface area contributed by atoms with Crippen molar-refractivity contribution in [2.45, 2.75) is 12.4 Å². The van der Waals surface area contributed by atoms with Gasteiger partial charge in [0.1, 0.15) is 10.0 Å². The van der Waals surface area contributed by atoms with Crippen LogP contribution in [0.15, 0.2) is 164 Å². The Morgan fingerprint density at radius 1 is 0.458 bits per heavy atom. The molecule has 0 unspecified atom stereocenters. The molecule has 0 amide bonds. The molecule has 288 valence electrons. The summed E-state index contributed by atoms with van der Waals surface area (Å²) in [6, 6.07) is 46.7. The highest BCUT2D eigenvalue weighted by atomic mass is 32.1. The van der Waals surface area contributed by atoms with Gasteiger partial charge in [-0.2, -0.15) is 26.3 Å². The Hall–Kier alpha value is -6.56.